The number of ether oxygens (including phenoxy) is 3. The Morgan fingerprint density at radius 3 is 0.718 bits per heavy atom. The van der Waals surface area contributed by atoms with Crippen LogP contribution in [0.4, 0.5) is 0 Å². The summed E-state index contributed by atoms with van der Waals surface area (Å²) in [7, 11) is -9.82. The summed E-state index contributed by atoms with van der Waals surface area (Å²) in [5.41, 5.74) is 0. The van der Waals surface area contributed by atoms with Crippen LogP contribution < -0.4 is 0 Å². The zero-order valence-electron chi connectivity index (χ0n) is 74.1. The van der Waals surface area contributed by atoms with Crippen LogP contribution in [0.1, 0.15) is 393 Å². The molecule has 4 N–H and O–H groups in total. The van der Waals surface area contributed by atoms with Crippen LogP contribution in [0.15, 0.2) is 158 Å². The smallest absolute Gasteiger partial charge is 0.463 e. The summed E-state index contributed by atoms with van der Waals surface area (Å²) in [6.45, 7) is 2.55. The number of allylic oxidation sites excluding steroid dienone is 26. The first kappa shape index (κ1) is 112. The van der Waals surface area contributed by atoms with Gasteiger partial charge in [-0.2, -0.15) is 0 Å². The van der Waals surface area contributed by atoms with E-state index in [1.54, 1.807) is 0 Å². The molecule has 5 atom stereocenters. The van der Waals surface area contributed by atoms with Crippen molar-refractivity contribution < 1.29 is 75.8 Å². The number of carbonyl (C=O) groups is 3. The summed E-state index contributed by atoms with van der Waals surface area (Å²) in [5.74, 6) is -1.58. The summed E-state index contributed by atoms with van der Waals surface area (Å²) in [6.07, 6.45) is 116. The molecule has 0 amide bonds. The van der Waals surface area contributed by atoms with Gasteiger partial charge in [0.2, 0.25) is 0 Å². The van der Waals surface area contributed by atoms with Gasteiger partial charge in [-0.3, -0.25) is 32.5 Å². The van der Waals surface area contributed by atoms with E-state index < -0.39 is 91.5 Å². The normalized spacial score (nSPS) is 14.5. The maximum Gasteiger partial charge on any atom is 0.472 e. The Labute approximate surface area is 714 Å². The number of unbranched alkanes of at least 4 members (excludes halogenated alkanes) is 39. The van der Waals surface area contributed by atoms with E-state index >= 15 is 0 Å². The molecule has 0 radical (unpaired) electrons. The summed E-state index contributed by atoms with van der Waals surface area (Å²) >= 11 is 0. The minimum Gasteiger partial charge on any atom is -0.463 e. The van der Waals surface area contributed by atoms with Crippen molar-refractivity contribution >= 4 is 33.6 Å². The third kappa shape index (κ3) is 91.7. The molecule has 0 aliphatic heterocycles. The molecular formula is C99H170O16P2. The molecule has 18 heteroatoms. The monoisotopic (exact) mass is 1680 g/mol. The average molecular weight is 1680 g/mol. The molecular weight excluding hydrogens is 1510 g/mol. The van der Waals surface area contributed by atoms with E-state index in [2.05, 4.69) is 179 Å². The van der Waals surface area contributed by atoms with Crippen LogP contribution in [-0.2, 0) is 55.8 Å². The summed E-state index contributed by atoms with van der Waals surface area (Å²) in [4.78, 5) is 59.1. The second kappa shape index (κ2) is 90.4. The lowest BCUT2D eigenvalue weighted by molar-refractivity contribution is -0.161. The Morgan fingerprint density at radius 1 is 0.248 bits per heavy atom. The molecule has 0 saturated carbocycles. The van der Waals surface area contributed by atoms with Gasteiger partial charge in [-0.1, -0.05) is 378 Å². The summed E-state index contributed by atoms with van der Waals surface area (Å²) < 4.78 is 61.5. The topological polar surface area (TPSA) is 231 Å². The van der Waals surface area contributed by atoms with Gasteiger partial charge in [-0.05, 0) is 154 Å². The van der Waals surface area contributed by atoms with E-state index in [1.165, 1.54) is 173 Å². The molecule has 0 spiro atoms. The van der Waals surface area contributed by atoms with Crippen molar-refractivity contribution in [3.8, 4) is 0 Å². The Balaban J connectivity index is 4.65. The van der Waals surface area contributed by atoms with Gasteiger partial charge in [0.1, 0.15) is 25.4 Å². The van der Waals surface area contributed by atoms with Crippen LogP contribution in [0.3, 0.4) is 0 Å². The fraction of sp³-hybridized carbons (Fsp3) is 0.707. The highest BCUT2D eigenvalue weighted by Gasteiger charge is 2.29. The predicted octanol–water partition coefficient (Wildman–Crippen LogP) is 28.9. The standard InChI is InChI=1S/C99H170O16P2/c1-4-7-10-13-16-19-22-25-28-31-34-37-40-43-45-46-48-51-52-55-58-61-64-67-70-73-76-79-82-85-97(102)109-88-94(100)89-111-116(105,106)112-90-95(101)91-113-117(107,108)114-93-96(115-99(104)87-84-81-78-75-72-69-66-63-60-57-54-49-42-39-36-33-30-27-24-21-18-15-12-9-6-3)92-110-98(103)86-83-80-77-74-71-68-65-62-59-56-53-50-47-44-41-38-35-32-29-26-23-20-17-14-11-8-5-2/h7,10,16-21,25-30,34-39,43-45,47,49,54,94-96,100-101H,4-6,8-9,11-15,22-24,31-33,40-42,46,48,50-53,55-93H2,1-3H3,(H,105,106)(H,107,108)/b10-7-,19-16-,20-17-,21-18-,28-25-,29-26-,30-27-,37-34-,38-35-,39-36-,45-43-,47-44-,54-49-. The van der Waals surface area contributed by atoms with E-state index in [0.29, 0.717) is 19.3 Å². The molecule has 0 aliphatic rings. The van der Waals surface area contributed by atoms with E-state index in [4.69, 9.17) is 32.3 Å². The molecule has 0 aromatic carbocycles. The third-order valence-electron chi connectivity index (χ3n) is 19.7. The molecule has 0 fully saturated rings. The van der Waals surface area contributed by atoms with Crippen LogP contribution in [-0.4, -0.2) is 95.9 Å². The first-order chi connectivity index (χ1) is 57.2. The average Bonchev–Trinajstić information content (AvgIpc) is 0.904. The first-order valence-corrected chi connectivity index (χ1v) is 49.8. The third-order valence-corrected chi connectivity index (χ3v) is 21.6. The lowest BCUT2D eigenvalue weighted by Gasteiger charge is -2.21. The molecule has 0 aromatic rings. The summed E-state index contributed by atoms with van der Waals surface area (Å²) in [5, 5.41) is 20.7. The number of esters is 3. The van der Waals surface area contributed by atoms with E-state index in [-0.39, 0.29) is 19.3 Å². The van der Waals surface area contributed by atoms with Crippen molar-refractivity contribution in [3.63, 3.8) is 0 Å². The van der Waals surface area contributed by atoms with Crippen LogP contribution in [0.5, 0.6) is 0 Å². The van der Waals surface area contributed by atoms with E-state index in [1.807, 2.05) is 0 Å². The highest BCUT2D eigenvalue weighted by molar-refractivity contribution is 7.47. The van der Waals surface area contributed by atoms with Gasteiger partial charge in [0, 0.05) is 19.3 Å². The lowest BCUT2D eigenvalue weighted by Crippen LogP contribution is -2.30. The van der Waals surface area contributed by atoms with E-state index in [0.717, 1.165) is 161 Å². The number of hydrogen-bond acceptors (Lipinski definition) is 14. The van der Waals surface area contributed by atoms with Gasteiger partial charge in [0.05, 0.1) is 26.4 Å². The Kier molecular flexibility index (Phi) is 86.7. The highest BCUT2D eigenvalue weighted by Crippen LogP contribution is 2.45. The zero-order chi connectivity index (χ0) is 85.1. The number of carbonyl (C=O) groups excluding carboxylic acids is 3. The highest BCUT2D eigenvalue weighted by atomic mass is 31.2. The van der Waals surface area contributed by atoms with Crippen molar-refractivity contribution in [2.75, 3.05) is 39.6 Å². The molecule has 0 saturated heterocycles. The lowest BCUT2D eigenvalue weighted by atomic mass is 10.0. The fourth-order valence-corrected chi connectivity index (χ4v) is 14.2. The van der Waals surface area contributed by atoms with Crippen molar-refractivity contribution in [2.24, 2.45) is 0 Å². The zero-order valence-corrected chi connectivity index (χ0v) is 75.9. The van der Waals surface area contributed by atoms with Gasteiger partial charge in [0.25, 0.3) is 0 Å². The second-order valence-corrected chi connectivity index (χ2v) is 34.0. The fourth-order valence-electron chi connectivity index (χ4n) is 12.6. The quantitative estimate of drug-likeness (QED) is 0.0146. The van der Waals surface area contributed by atoms with Crippen molar-refractivity contribution in [1.29, 1.82) is 0 Å². The van der Waals surface area contributed by atoms with Crippen molar-refractivity contribution in [3.05, 3.63) is 158 Å². The first-order valence-electron chi connectivity index (χ1n) is 46.8. The SMILES string of the molecule is CC/C=C\C/C=C\C/C=C\C/C=C\C/C=C\CCCCCCCCCCCCCCCC(=O)OCC(O)COP(=O)(O)OCC(O)COP(=O)(O)OCC(COC(=O)CCCCCCCCCCCCC/C=C\C/C=C\C/C=C\C/C=C\CCCCC)OC(=O)CCCCCCCCCCC/C=C\C/C=C\C/C=C\C/C=C\CCCCC. The Hall–Kier alpha value is -4.83. The maximum atomic E-state index is 13.1. The predicted molar refractivity (Wildman–Crippen MR) is 491 cm³/mol. The van der Waals surface area contributed by atoms with Gasteiger partial charge in [0.15, 0.2) is 6.10 Å². The van der Waals surface area contributed by atoms with Gasteiger partial charge >= 0.3 is 33.6 Å². The second-order valence-electron chi connectivity index (χ2n) is 31.1. The number of phosphoric ester groups is 2. The number of aliphatic hydroxyl groups is 2. The van der Waals surface area contributed by atoms with Crippen molar-refractivity contribution in [2.45, 2.75) is 411 Å². The van der Waals surface area contributed by atoms with Crippen LogP contribution in [0.2, 0.25) is 0 Å². The molecule has 16 nitrogen and oxygen atoms in total. The van der Waals surface area contributed by atoms with Crippen LogP contribution in [0.25, 0.3) is 0 Å². The molecule has 0 bridgehead atoms. The molecule has 5 unspecified atom stereocenters. The maximum absolute atomic E-state index is 13.1. The molecule has 0 rings (SSSR count). The number of hydrogen-bond donors (Lipinski definition) is 4. The van der Waals surface area contributed by atoms with Crippen LogP contribution in [0, 0.1) is 0 Å². The van der Waals surface area contributed by atoms with Crippen molar-refractivity contribution in [1.82, 2.24) is 0 Å². The van der Waals surface area contributed by atoms with Gasteiger partial charge in [-0.15, -0.1) is 0 Å². The molecule has 0 aliphatic carbocycles. The molecule has 672 valence electrons. The minimum absolute atomic E-state index is 0.0936. The van der Waals surface area contributed by atoms with Crippen LogP contribution >= 0.6 is 15.6 Å². The number of aliphatic hydroxyl groups excluding tert-OH is 2. The molecule has 117 heavy (non-hydrogen) atoms. The molecule has 0 heterocycles. The largest absolute Gasteiger partial charge is 0.472 e. The Bertz CT molecular complexity index is 2760. The number of phosphoric acid groups is 2. The van der Waals surface area contributed by atoms with Gasteiger partial charge < -0.3 is 34.2 Å². The number of rotatable bonds is 88. The van der Waals surface area contributed by atoms with Gasteiger partial charge in [-0.25, -0.2) is 9.13 Å². The Morgan fingerprint density at radius 2 is 0.453 bits per heavy atom. The molecule has 0 aromatic heterocycles. The minimum atomic E-state index is -4.95. The summed E-state index contributed by atoms with van der Waals surface area (Å²) in [6, 6.07) is 0. The van der Waals surface area contributed by atoms with E-state index in [9.17, 15) is 43.5 Å².